The predicted octanol–water partition coefficient (Wildman–Crippen LogP) is 2.86. The number of thiol groups is 1. The molecule has 4 nitrogen and oxygen atoms in total. The molecule has 1 fully saturated rings. The standard InChI is InChI=1S/C16H21NO3S2/c18-15(17-11-22-10-14(17)16(19)20)8-4-7-13(9-21)12-5-2-1-3-6-12/h1-3,5-6,13-14,21H,4,7-11H2,(H,19,20)/t13-,14-/m1/s1. The fourth-order valence-electron chi connectivity index (χ4n) is 2.62. The number of carbonyl (C=O) groups excluding carboxylic acids is 1. The van der Waals surface area contributed by atoms with Crippen LogP contribution in [0, 0.1) is 0 Å². The summed E-state index contributed by atoms with van der Waals surface area (Å²) in [4.78, 5) is 24.8. The van der Waals surface area contributed by atoms with Crippen molar-refractivity contribution < 1.29 is 14.7 Å². The Morgan fingerprint density at radius 2 is 2.09 bits per heavy atom. The molecule has 1 aliphatic rings. The van der Waals surface area contributed by atoms with Crippen LogP contribution >= 0.6 is 24.4 Å². The Morgan fingerprint density at radius 1 is 1.36 bits per heavy atom. The van der Waals surface area contributed by atoms with Gasteiger partial charge in [0.05, 0.1) is 5.88 Å². The maximum atomic E-state index is 12.2. The van der Waals surface area contributed by atoms with Crippen molar-refractivity contribution in [3.8, 4) is 0 Å². The number of thioether (sulfide) groups is 1. The minimum absolute atomic E-state index is 0.0524. The molecule has 0 spiro atoms. The Labute approximate surface area is 140 Å². The molecule has 1 aromatic carbocycles. The third-order valence-electron chi connectivity index (χ3n) is 3.92. The van der Waals surface area contributed by atoms with E-state index in [0.29, 0.717) is 24.0 Å². The van der Waals surface area contributed by atoms with Crippen molar-refractivity contribution in [1.29, 1.82) is 0 Å². The summed E-state index contributed by atoms with van der Waals surface area (Å²) in [6.45, 7) is 0. The minimum atomic E-state index is -0.907. The summed E-state index contributed by atoms with van der Waals surface area (Å²) >= 11 is 5.90. The molecule has 0 aliphatic carbocycles. The van der Waals surface area contributed by atoms with E-state index in [4.69, 9.17) is 5.11 Å². The van der Waals surface area contributed by atoms with Gasteiger partial charge in [-0.25, -0.2) is 4.79 Å². The van der Waals surface area contributed by atoms with Crippen LogP contribution in [0.5, 0.6) is 0 Å². The molecule has 0 aromatic heterocycles. The normalized spacial score (nSPS) is 19.1. The lowest BCUT2D eigenvalue weighted by molar-refractivity contribution is -0.147. The van der Waals surface area contributed by atoms with Gasteiger partial charge in [0.15, 0.2) is 0 Å². The van der Waals surface area contributed by atoms with Crippen molar-refractivity contribution in [2.45, 2.75) is 31.2 Å². The van der Waals surface area contributed by atoms with Crippen molar-refractivity contribution in [1.82, 2.24) is 4.90 Å². The van der Waals surface area contributed by atoms with Crippen molar-refractivity contribution in [3.63, 3.8) is 0 Å². The van der Waals surface area contributed by atoms with Crippen LogP contribution in [0.2, 0.25) is 0 Å². The monoisotopic (exact) mass is 339 g/mol. The lowest BCUT2D eigenvalue weighted by Gasteiger charge is -2.21. The molecule has 1 aliphatic heterocycles. The second kappa shape index (κ2) is 8.48. The topological polar surface area (TPSA) is 57.6 Å². The maximum absolute atomic E-state index is 12.2. The smallest absolute Gasteiger partial charge is 0.327 e. The molecule has 0 bridgehead atoms. The van der Waals surface area contributed by atoms with E-state index in [-0.39, 0.29) is 5.91 Å². The van der Waals surface area contributed by atoms with Gasteiger partial charge in [0.2, 0.25) is 5.91 Å². The molecule has 0 saturated carbocycles. The van der Waals surface area contributed by atoms with Gasteiger partial charge < -0.3 is 10.0 Å². The minimum Gasteiger partial charge on any atom is -0.480 e. The summed E-state index contributed by atoms with van der Waals surface area (Å²) in [6.07, 6.45) is 2.05. The molecule has 2 rings (SSSR count). The van der Waals surface area contributed by atoms with Crippen LogP contribution in [0.15, 0.2) is 30.3 Å². The van der Waals surface area contributed by atoms with Gasteiger partial charge in [0.25, 0.3) is 0 Å². The quantitative estimate of drug-likeness (QED) is 0.750. The molecule has 6 heteroatoms. The van der Waals surface area contributed by atoms with Crippen molar-refractivity contribution in [2.75, 3.05) is 17.4 Å². The fraction of sp³-hybridized carbons (Fsp3) is 0.500. The number of hydrogen-bond donors (Lipinski definition) is 2. The van der Waals surface area contributed by atoms with Crippen LogP contribution in [-0.2, 0) is 9.59 Å². The highest BCUT2D eigenvalue weighted by Crippen LogP contribution is 2.25. The van der Waals surface area contributed by atoms with E-state index >= 15 is 0 Å². The average molecular weight is 339 g/mol. The first-order valence-electron chi connectivity index (χ1n) is 7.39. The number of nitrogens with zero attached hydrogens (tertiary/aromatic N) is 1. The van der Waals surface area contributed by atoms with E-state index in [0.717, 1.165) is 18.6 Å². The molecule has 1 heterocycles. The van der Waals surface area contributed by atoms with Gasteiger partial charge in [0, 0.05) is 12.2 Å². The summed E-state index contributed by atoms with van der Waals surface area (Å²) in [5.41, 5.74) is 1.24. The van der Waals surface area contributed by atoms with Crippen molar-refractivity contribution in [2.24, 2.45) is 0 Å². The first-order chi connectivity index (χ1) is 10.6. The summed E-state index contributed by atoms with van der Waals surface area (Å²) in [5, 5.41) is 9.12. The Hall–Kier alpha value is -1.14. The lowest BCUT2D eigenvalue weighted by atomic mass is 9.95. The van der Waals surface area contributed by atoms with Crippen molar-refractivity contribution >= 4 is 36.3 Å². The second-order valence-electron chi connectivity index (χ2n) is 5.40. The second-order valence-corrected chi connectivity index (χ2v) is 6.76. The maximum Gasteiger partial charge on any atom is 0.327 e. The summed E-state index contributed by atoms with van der Waals surface area (Å²) in [7, 11) is 0. The van der Waals surface area contributed by atoms with E-state index in [1.807, 2.05) is 18.2 Å². The highest BCUT2D eigenvalue weighted by Gasteiger charge is 2.34. The number of benzene rings is 1. The van der Waals surface area contributed by atoms with E-state index in [9.17, 15) is 9.59 Å². The molecule has 22 heavy (non-hydrogen) atoms. The van der Waals surface area contributed by atoms with Gasteiger partial charge in [-0.05, 0) is 30.1 Å². The molecular weight excluding hydrogens is 318 g/mol. The van der Waals surface area contributed by atoms with Crippen LogP contribution in [0.25, 0.3) is 0 Å². The van der Waals surface area contributed by atoms with Gasteiger partial charge >= 0.3 is 5.97 Å². The zero-order valence-corrected chi connectivity index (χ0v) is 14.1. The molecule has 1 amide bonds. The van der Waals surface area contributed by atoms with E-state index in [2.05, 4.69) is 24.8 Å². The molecule has 1 saturated heterocycles. The van der Waals surface area contributed by atoms with Crippen LogP contribution in [-0.4, -0.2) is 45.3 Å². The highest BCUT2D eigenvalue weighted by molar-refractivity contribution is 7.99. The fourth-order valence-corrected chi connectivity index (χ4v) is 4.19. The largest absolute Gasteiger partial charge is 0.480 e. The third-order valence-corrected chi connectivity index (χ3v) is 5.38. The van der Waals surface area contributed by atoms with Gasteiger partial charge in [0.1, 0.15) is 6.04 Å². The molecule has 1 aromatic rings. The molecule has 120 valence electrons. The first-order valence-corrected chi connectivity index (χ1v) is 9.18. The van der Waals surface area contributed by atoms with E-state index in [1.54, 1.807) is 0 Å². The zero-order valence-electron chi connectivity index (χ0n) is 12.4. The van der Waals surface area contributed by atoms with Gasteiger partial charge in [-0.15, -0.1) is 11.8 Å². The molecule has 1 N–H and O–H groups in total. The molecule has 2 atom stereocenters. The number of amides is 1. The highest BCUT2D eigenvalue weighted by atomic mass is 32.2. The zero-order chi connectivity index (χ0) is 15.9. The number of rotatable bonds is 7. The van der Waals surface area contributed by atoms with Crippen LogP contribution < -0.4 is 0 Å². The Bertz CT molecular complexity index is 509. The van der Waals surface area contributed by atoms with Crippen LogP contribution in [0.4, 0.5) is 0 Å². The van der Waals surface area contributed by atoms with E-state index in [1.165, 1.54) is 22.2 Å². The lowest BCUT2D eigenvalue weighted by Crippen LogP contribution is -2.41. The molecule has 0 radical (unpaired) electrons. The van der Waals surface area contributed by atoms with Crippen molar-refractivity contribution in [3.05, 3.63) is 35.9 Å². The Morgan fingerprint density at radius 3 is 2.73 bits per heavy atom. The number of carboxylic acids is 1. The Kier molecular flexibility index (Phi) is 6.64. The van der Waals surface area contributed by atoms with Gasteiger partial charge in [-0.1, -0.05) is 30.3 Å². The number of hydrogen-bond acceptors (Lipinski definition) is 4. The van der Waals surface area contributed by atoms with Gasteiger partial charge in [-0.2, -0.15) is 12.6 Å². The molecular formula is C16H21NO3S2. The average Bonchev–Trinajstić information content (AvgIpc) is 3.02. The van der Waals surface area contributed by atoms with E-state index < -0.39 is 12.0 Å². The third kappa shape index (κ3) is 4.43. The number of carboxylic acid groups (broad SMARTS) is 1. The van der Waals surface area contributed by atoms with Crippen LogP contribution in [0.1, 0.15) is 30.7 Å². The number of aliphatic carboxylic acids is 1. The molecule has 0 unspecified atom stereocenters. The SMILES string of the molecule is O=C(O)[C@H]1CSCN1C(=O)CCC[C@H](CS)c1ccccc1. The summed E-state index contributed by atoms with van der Waals surface area (Å²) in [5.74, 6) is 1.10. The van der Waals surface area contributed by atoms with Gasteiger partial charge in [-0.3, -0.25) is 4.79 Å². The summed E-state index contributed by atoms with van der Waals surface area (Å²) < 4.78 is 0. The first kappa shape index (κ1) is 17.2. The Balaban J connectivity index is 1.82. The van der Waals surface area contributed by atoms with Crippen LogP contribution in [0.3, 0.4) is 0 Å². The predicted molar refractivity (Wildman–Crippen MR) is 92.5 cm³/mol. The summed E-state index contributed by atoms with van der Waals surface area (Å²) in [6, 6.07) is 9.51. The number of carbonyl (C=O) groups is 2.